The molecule has 1 aromatic rings. The summed E-state index contributed by atoms with van der Waals surface area (Å²) >= 11 is 0. The van der Waals surface area contributed by atoms with Crippen LogP contribution in [0.2, 0.25) is 0 Å². The Labute approximate surface area is 97.2 Å². The van der Waals surface area contributed by atoms with E-state index in [1.54, 1.807) is 13.0 Å². The van der Waals surface area contributed by atoms with E-state index in [9.17, 15) is 14.0 Å². The van der Waals surface area contributed by atoms with Crippen LogP contribution in [-0.4, -0.2) is 30.2 Å². The van der Waals surface area contributed by atoms with Crippen LogP contribution in [0.4, 0.5) is 10.1 Å². The van der Waals surface area contributed by atoms with Gasteiger partial charge in [-0.15, -0.1) is 0 Å². The molecule has 0 aromatic heterocycles. The lowest BCUT2D eigenvalue weighted by atomic mass is 10.2. The number of benzene rings is 1. The predicted octanol–water partition coefficient (Wildman–Crippen LogP) is 1.17. The fraction of sp³-hybridized carbons (Fsp3) is 0.273. The molecule has 92 valence electrons. The summed E-state index contributed by atoms with van der Waals surface area (Å²) in [4.78, 5) is 21.4. The predicted molar refractivity (Wildman–Crippen MR) is 58.2 cm³/mol. The minimum Gasteiger partial charge on any atom is -0.480 e. The number of carboxylic acids is 1. The molecule has 0 aliphatic rings. The van der Waals surface area contributed by atoms with Crippen LogP contribution in [0.3, 0.4) is 0 Å². The minimum absolute atomic E-state index is 0.0800. The number of anilines is 1. The maximum absolute atomic E-state index is 13.3. The number of aliphatic carboxylic acids is 1. The molecule has 0 aliphatic heterocycles. The highest BCUT2D eigenvalue weighted by molar-refractivity contribution is 5.92. The van der Waals surface area contributed by atoms with Gasteiger partial charge in [0.05, 0.1) is 5.69 Å². The molecule has 0 saturated carbocycles. The lowest BCUT2D eigenvalue weighted by Gasteiger charge is -2.09. The molecule has 0 saturated heterocycles. The van der Waals surface area contributed by atoms with Crippen molar-refractivity contribution in [1.82, 2.24) is 0 Å². The van der Waals surface area contributed by atoms with Gasteiger partial charge >= 0.3 is 5.97 Å². The molecule has 0 aliphatic carbocycles. The fourth-order valence-corrected chi connectivity index (χ4v) is 1.20. The van der Waals surface area contributed by atoms with Crippen molar-refractivity contribution in [2.45, 2.75) is 6.92 Å². The summed E-state index contributed by atoms with van der Waals surface area (Å²) in [5.74, 6) is -2.31. The maximum atomic E-state index is 13.3. The van der Waals surface area contributed by atoms with E-state index < -0.39 is 30.9 Å². The Balaban J connectivity index is 2.53. The van der Waals surface area contributed by atoms with Crippen molar-refractivity contribution in [3.8, 4) is 0 Å². The van der Waals surface area contributed by atoms with Crippen molar-refractivity contribution >= 4 is 17.6 Å². The summed E-state index contributed by atoms with van der Waals surface area (Å²) in [7, 11) is 0. The van der Waals surface area contributed by atoms with Crippen LogP contribution < -0.4 is 5.32 Å². The van der Waals surface area contributed by atoms with Crippen molar-refractivity contribution in [3.63, 3.8) is 0 Å². The van der Waals surface area contributed by atoms with E-state index in [0.29, 0.717) is 5.56 Å². The van der Waals surface area contributed by atoms with Gasteiger partial charge < -0.3 is 15.2 Å². The van der Waals surface area contributed by atoms with E-state index in [2.05, 4.69) is 10.1 Å². The summed E-state index contributed by atoms with van der Waals surface area (Å²) in [6.45, 7) is 0.653. The van der Waals surface area contributed by atoms with Crippen LogP contribution >= 0.6 is 0 Å². The fourth-order valence-electron chi connectivity index (χ4n) is 1.20. The van der Waals surface area contributed by atoms with Gasteiger partial charge in [-0.2, -0.15) is 0 Å². The SMILES string of the molecule is Cc1cccc(F)c1NC(=O)COCC(=O)O. The standard InChI is InChI=1S/C11H12FNO4/c1-7-3-2-4-8(12)11(7)13-9(14)5-17-6-10(15)16/h2-4H,5-6H2,1H3,(H,13,14)(H,15,16). The first kappa shape index (κ1) is 13.1. The number of para-hydroxylation sites is 1. The smallest absolute Gasteiger partial charge is 0.329 e. The van der Waals surface area contributed by atoms with E-state index in [-0.39, 0.29) is 5.69 Å². The molecule has 17 heavy (non-hydrogen) atoms. The van der Waals surface area contributed by atoms with Crippen LogP contribution in [0.1, 0.15) is 5.56 Å². The maximum Gasteiger partial charge on any atom is 0.329 e. The number of hydrogen-bond donors (Lipinski definition) is 2. The zero-order valence-electron chi connectivity index (χ0n) is 9.20. The van der Waals surface area contributed by atoms with Crippen molar-refractivity contribution in [3.05, 3.63) is 29.6 Å². The third kappa shape index (κ3) is 4.20. The van der Waals surface area contributed by atoms with Crippen molar-refractivity contribution in [1.29, 1.82) is 0 Å². The largest absolute Gasteiger partial charge is 0.480 e. The first-order chi connectivity index (χ1) is 8.00. The van der Waals surface area contributed by atoms with Crippen molar-refractivity contribution in [2.24, 2.45) is 0 Å². The number of halogens is 1. The minimum atomic E-state index is -1.17. The first-order valence-corrected chi connectivity index (χ1v) is 4.85. The van der Waals surface area contributed by atoms with Gasteiger partial charge in [0, 0.05) is 0 Å². The van der Waals surface area contributed by atoms with Crippen molar-refractivity contribution in [2.75, 3.05) is 18.5 Å². The summed E-state index contributed by atoms with van der Waals surface area (Å²) < 4.78 is 17.9. The molecule has 1 amide bonds. The highest BCUT2D eigenvalue weighted by atomic mass is 19.1. The van der Waals surface area contributed by atoms with Gasteiger partial charge in [0.1, 0.15) is 19.0 Å². The van der Waals surface area contributed by atoms with Crippen molar-refractivity contribution < 1.29 is 23.8 Å². The summed E-state index contributed by atoms with van der Waals surface area (Å²) in [5.41, 5.74) is 0.660. The molecule has 0 radical (unpaired) electrons. The zero-order valence-corrected chi connectivity index (χ0v) is 9.20. The molecule has 1 rings (SSSR count). The third-order valence-electron chi connectivity index (χ3n) is 1.95. The van der Waals surface area contributed by atoms with Gasteiger partial charge in [0.2, 0.25) is 5.91 Å². The topological polar surface area (TPSA) is 75.6 Å². The highest BCUT2D eigenvalue weighted by Crippen LogP contribution is 2.18. The number of carbonyl (C=O) groups is 2. The molecule has 0 unspecified atom stereocenters. The molecule has 1 aromatic carbocycles. The van der Waals surface area contributed by atoms with Crippen LogP contribution in [0.15, 0.2) is 18.2 Å². The second kappa shape index (κ2) is 5.95. The zero-order chi connectivity index (χ0) is 12.8. The Morgan fingerprint density at radius 2 is 2.12 bits per heavy atom. The average molecular weight is 241 g/mol. The third-order valence-corrected chi connectivity index (χ3v) is 1.95. The normalized spacial score (nSPS) is 10.0. The number of carboxylic acid groups (broad SMARTS) is 1. The Morgan fingerprint density at radius 3 is 2.71 bits per heavy atom. The monoisotopic (exact) mass is 241 g/mol. The van der Waals surface area contributed by atoms with E-state index >= 15 is 0 Å². The van der Waals surface area contributed by atoms with Gasteiger partial charge in [-0.3, -0.25) is 4.79 Å². The van der Waals surface area contributed by atoms with Gasteiger partial charge in [0.25, 0.3) is 0 Å². The first-order valence-electron chi connectivity index (χ1n) is 4.85. The molecular formula is C11H12FNO4. The number of carbonyl (C=O) groups excluding carboxylic acids is 1. The van der Waals surface area contributed by atoms with Gasteiger partial charge in [-0.25, -0.2) is 9.18 Å². The highest BCUT2D eigenvalue weighted by Gasteiger charge is 2.09. The van der Waals surface area contributed by atoms with E-state index in [1.807, 2.05) is 0 Å². The van der Waals surface area contributed by atoms with Crippen LogP contribution in [0.25, 0.3) is 0 Å². The average Bonchev–Trinajstić information content (AvgIpc) is 2.23. The van der Waals surface area contributed by atoms with Crippen LogP contribution in [0, 0.1) is 12.7 Å². The van der Waals surface area contributed by atoms with Gasteiger partial charge in [0.15, 0.2) is 0 Å². The number of nitrogens with one attached hydrogen (secondary N) is 1. The van der Waals surface area contributed by atoms with E-state index in [4.69, 9.17) is 5.11 Å². The Morgan fingerprint density at radius 1 is 1.41 bits per heavy atom. The summed E-state index contributed by atoms with van der Waals surface area (Å²) in [6, 6.07) is 4.40. The quantitative estimate of drug-likeness (QED) is 0.811. The molecule has 2 N–H and O–H groups in total. The van der Waals surface area contributed by atoms with Gasteiger partial charge in [-0.1, -0.05) is 12.1 Å². The van der Waals surface area contributed by atoms with E-state index in [0.717, 1.165) is 0 Å². The molecule has 5 nitrogen and oxygen atoms in total. The van der Waals surface area contributed by atoms with Crippen LogP contribution in [0.5, 0.6) is 0 Å². The molecule has 0 bridgehead atoms. The Hall–Kier alpha value is -1.95. The molecule has 6 heteroatoms. The second-order valence-corrected chi connectivity index (χ2v) is 3.37. The molecule has 0 heterocycles. The number of hydrogen-bond acceptors (Lipinski definition) is 3. The summed E-state index contributed by atoms with van der Waals surface area (Å²) in [6.07, 6.45) is 0. The van der Waals surface area contributed by atoms with Crippen LogP contribution in [-0.2, 0) is 14.3 Å². The Bertz CT molecular complexity index is 413. The summed E-state index contributed by atoms with van der Waals surface area (Å²) in [5, 5.41) is 10.6. The number of aryl methyl sites for hydroxylation is 1. The van der Waals surface area contributed by atoms with E-state index in [1.165, 1.54) is 12.1 Å². The Kier molecular flexibility index (Phi) is 4.59. The molecule has 0 atom stereocenters. The molecule has 0 fully saturated rings. The second-order valence-electron chi connectivity index (χ2n) is 3.37. The van der Waals surface area contributed by atoms with Gasteiger partial charge in [-0.05, 0) is 18.6 Å². The number of amides is 1. The lowest BCUT2D eigenvalue weighted by molar-refractivity contribution is -0.143. The lowest BCUT2D eigenvalue weighted by Crippen LogP contribution is -2.21. The molecule has 0 spiro atoms. The number of rotatable bonds is 5. The molecular weight excluding hydrogens is 229 g/mol. The number of ether oxygens (including phenoxy) is 1.